The molecule has 0 aromatic carbocycles. The lowest BCUT2D eigenvalue weighted by Gasteiger charge is -2.30. The summed E-state index contributed by atoms with van der Waals surface area (Å²) in [4.78, 5) is 4.37. The monoisotopic (exact) mass is 284 g/mol. The number of hydrogen-bond donors (Lipinski definition) is 4. The third kappa shape index (κ3) is 2.88. The Labute approximate surface area is 118 Å². The van der Waals surface area contributed by atoms with Crippen molar-refractivity contribution in [1.82, 2.24) is 9.55 Å². The third-order valence-corrected chi connectivity index (χ3v) is 3.80. The van der Waals surface area contributed by atoms with Crippen LogP contribution in [0.3, 0.4) is 0 Å². The maximum absolute atomic E-state index is 9.99. The van der Waals surface area contributed by atoms with Crippen molar-refractivity contribution >= 4 is 0 Å². The quantitative estimate of drug-likeness (QED) is 0.632. The lowest BCUT2D eigenvalue weighted by atomic mass is 9.89. The van der Waals surface area contributed by atoms with Crippen LogP contribution in [0.1, 0.15) is 50.5 Å². The third-order valence-electron chi connectivity index (χ3n) is 3.80. The van der Waals surface area contributed by atoms with Gasteiger partial charge < -0.3 is 25.0 Å². The van der Waals surface area contributed by atoms with Gasteiger partial charge in [0.25, 0.3) is 0 Å². The highest BCUT2D eigenvalue weighted by molar-refractivity contribution is 5.21. The SMILES string of the molecule is CC(C)(C)CCc1nc2n(c1CO)CC(O)C(O)C2O. The average molecular weight is 284 g/mol. The second-order valence-corrected chi connectivity index (χ2v) is 6.70. The zero-order chi connectivity index (χ0) is 15.1. The first-order chi connectivity index (χ1) is 9.24. The van der Waals surface area contributed by atoms with Gasteiger partial charge in [-0.3, -0.25) is 0 Å². The van der Waals surface area contributed by atoms with E-state index in [4.69, 9.17) is 0 Å². The first-order valence-electron chi connectivity index (χ1n) is 6.98. The second kappa shape index (κ2) is 5.44. The topological polar surface area (TPSA) is 98.7 Å². The number of nitrogens with zero attached hydrogens (tertiary/aromatic N) is 2. The maximum atomic E-state index is 9.99. The van der Waals surface area contributed by atoms with Crippen molar-refractivity contribution in [2.24, 2.45) is 5.41 Å². The van der Waals surface area contributed by atoms with Gasteiger partial charge in [0.05, 0.1) is 24.5 Å². The Bertz CT molecular complexity index is 478. The number of aliphatic hydroxyl groups excluding tert-OH is 4. The summed E-state index contributed by atoms with van der Waals surface area (Å²) >= 11 is 0. The summed E-state index contributed by atoms with van der Waals surface area (Å²) in [6, 6.07) is 0. The van der Waals surface area contributed by atoms with Crippen LogP contribution >= 0.6 is 0 Å². The highest BCUT2D eigenvalue weighted by Gasteiger charge is 2.37. The summed E-state index contributed by atoms with van der Waals surface area (Å²) in [6.45, 7) is 6.34. The molecule has 2 rings (SSSR count). The maximum Gasteiger partial charge on any atom is 0.141 e. The van der Waals surface area contributed by atoms with Gasteiger partial charge in [0.2, 0.25) is 0 Å². The Morgan fingerprint density at radius 1 is 1.25 bits per heavy atom. The highest BCUT2D eigenvalue weighted by Crippen LogP contribution is 2.30. The number of aryl methyl sites for hydroxylation is 1. The van der Waals surface area contributed by atoms with Crippen LogP contribution < -0.4 is 0 Å². The van der Waals surface area contributed by atoms with Crippen LogP contribution in [0.2, 0.25) is 0 Å². The van der Waals surface area contributed by atoms with Gasteiger partial charge >= 0.3 is 0 Å². The number of fused-ring (bicyclic) bond motifs is 1. The molecule has 4 N–H and O–H groups in total. The smallest absolute Gasteiger partial charge is 0.141 e. The van der Waals surface area contributed by atoms with E-state index in [0.717, 1.165) is 12.1 Å². The van der Waals surface area contributed by atoms with Gasteiger partial charge in [0, 0.05) is 0 Å². The molecule has 0 aliphatic carbocycles. The minimum absolute atomic E-state index is 0.145. The van der Waals surface area contributed by atoms with Crippen molar-refractivity contribution in [3.8, 4) is 0 Å². The van der Waals surface area contributed by atoms with E-state index in [0.29, 0.717) is 17.9 Å². The Balaban J connectivity index is 2.32. The van der Waals surface area contributed by atoms with E-state index in [1.54, 1.807) is 4.57 Å². The second-order valence-electron chi connectivity index (χ2n) is 6.70. The van der Waals surface area contributed by atoms with Gasteiger partial charge in [-0.2, -0.15) is 0 Å². The van der Waals surface area contributed by atoms with Crippen LogP contribution in [0.15, 0.2) is 0 Å². The molecule has 0 amide bonds. The molecule has 0 saturated carbocycles. The molecule has 0 fully saturated rings. The summed E-state index contributed by atoms with van der Waals surface area (Å²) in [6.07, 6.45) is -1.90. The van der Waals surface area contributed by atoms with Crippen LogP contribution in [-0.2, 0) is 19.6 Å². The first kappa shape index (κ1) is 15.4. The lowest BCUT2D eigenvalue weighted by molar-refractivity contribution is -0.0861. The van der Waals surface area contributed by atoms with Crippen LogP contribution in [0, 0.1) is 5.41 Å². The summed E-state index contributed by atoms with van der Waals surface area (Å²) < 4.78 is 1.63. The largest absolute Gasteiger partial charge is 0.390 e. The molecular formula is C14H24N2O4. The van der Waals surface area contributed by atoms with Crippen molar-refractivity contribution in [3.05, 3.63) is 17.2 Å². The van der Waals surface area contributed by atoms with Crippen LogP contribution in [-0.4, -0.2) is 42.2 Å². The van der Waals surface area contributed by atoms with Gasteiger partial charge in [0.15, 0.2) is 0 Å². The van der Waals surface area contributed by atoms with Crippen molar-refractivity contribution in [3.63, 3.8) is 0 Å². The van der Waals surface area contributed by atoms with E-state index in [1.165, 1.54) is 0 Å². The molecule has 2 heterocycles. The lowest BCUT2D eigenvalue weighted by Crippen LogP contribution is -2.41. The Morgan fingerprint density at radius 2 is 1.90 bits per heavy atom. The van der Waals surface area contributed by atoms with Gasteiger partial charge in [-0.15, -0.1) is 0 Å². The Morgan fingerprint density at radius 3 is 2.45 bits per heavy atom. The molecule has 0 bridgehead atoms. The average Bonchev–Trinajstić information content (AvgIpc) is 2.70. The van der Waals surface area contributed by atoms with Crippen LogP contribution in [0.5, 0.6) is 0 Å². The zero-order valence-electron chi connectivity index (χ0n) is 12.2. The van der Waals surface area contributed by atoms with Crippen LogP contribution in [0.25, 0.3) is 0 Å². The number of aromatic nitrogens is 2. The van der Waals surface area contributed by atoms with Gasteiger partial charge in [-0.1, -0.05) is 20.8 Å². The van der Waals surface area contributed by atoms with E-state index < -0.39 is 18.3 Å². The normalized spacial score (nSPS) is 26.6. The predicted molar refractivity (Wildman–Crippen MR) is 72.9 cm³/mol. The molecule has 1 aromatic heterocycles. The molecule has 3 atom stereocenters. The first-order valence-corrected chi connectivity index (χ1v) is 6.98. The number of imidazole rings is 1. The minimum Gasteiger partial charge on any atom is -0.390 e. The van der Waals surface area contributed by atoms with Gasteiger partial charge in [-0.05, 0) is 18.3 Å². The molecular weight excluding hydrogens is 260 g/mol. The molecule has 1 aromatic rings. The van der Waals surface area contributed by atoms with Crippen LogP contribution in [0.4, 0.5) is 0 Å². The number of hydrogen-bond acceptors (Lipinski definition) is 5. The van der Waals surface area contributed by atoms with Crippen molar-refractivity contribution in [2.75, 3.05) is 0 Å². The van der Waals surface area contributed by atoms with E-state index >= 15 is 0 Å². The molecule has 6 heteroatoms. The molecule has 20 heavy (non-hydrogen) atoms. The van der Waals surface area contributed by atoms with Gasteiger partial charge in [-0.25, -0.2) is 4.98 Å². The van der Waals surface area contributed by atoms with E-state index in [2.05, 4.69) is 25.8 Å². The summed E-state index contributed by atoms with van der Waals surface area (Å²) in [5.41, 5.74) is 1.50. The summed E-state index contributed by atoms with van der Waals surface area (Å²) in [5.74, 6) is 0.329. The zero-order valence-corrected chi connectivity index (χ0v) is 12.2. The molecule has 3 unspecified atom stereocenters. The Kier molecular flexibility index (Phi) is 4.20. The fourth-order valence-corrected chi connectivity index (χ4v) is 2.52. The van der Waals surface area contributed by atoms with Crippen molar-refractivity contribution in [1.29, 1.82) is 0 Å². The summed E-state index contributed by atoms with van der Waals surface area (Å²) in [5, 5.41) is 39.0. The molecule has 6 nitrogen and oxygen atoms in total. The standard InChI is InChI=1S/C14H24N2O4/c1-14(2,3)5-4-8-9(7-17)16-6-10(18)11(19)12(20)13(16)15-8/h10-12,17-20H,4-7H2,1-3H3. The highest BCUT2D eigenvalue weighted by atomic mass is 16.4. The minimum atomic E-state index is -1.23. The number of rotatable bonds is 3. The molecule has 1 aliphatic heterocycles. The van der Waals surface area contributed by atoms with E-state index in [-0.39, 0.29) is 18.6 Å². The molecule has 0 spiro atoms. The fraction of sp³-hybridized carbons (Fsp3) is 0.786. The molecule has 114 valence electrons. The van der Waals surface area contributed by atoms with E-state index in [9.17, 15) is 20.4 Å². The molecule has 1 aliphatic rings. The molecule has 0 saturated heterocycles. The van der Waals surface area contributed by atoms with Crippen molar-refractivity contribution in [2.45, 2.75) is 65.1 Å². The fourth-order valence-electron chi connectivity index (χ4n) is 2.52. The predicted octanol–water partition coefficient (Wildman–Crippen LogP) is 0.123. The number of aliphatic hydroxyl groups is 4. The molecule has 0 radical (unpaired) electrons. The van der Waals surface area contributed by atoms with Crippen molar-refractivity contribution < 1.29 is 20.4 Å². The van der Waals surface area contributed by atoms with Gasteiger partial charge in [0.1, 0.15) is 24.1 Å². The Hall–Kier alpha value is -0.950. The van der Waals surface area contributed by atoms with E-state index in [1.807, 2.05) is 0 Å². The summed E-state index contributed by atoms with van der Waals surface area (Å²) in [7, 11) is 0.